The minimum atomic E-state index is -0.666. The van der Waals surface area contributed by atoms with Gasteiger partial charge in [0.15, 0.2) is 5.78 Å². The zero-order valence-electron chi connectivity index (χ0n) is 14.0. The Bertz CT molecular complexity index is 475. The SMILES string of the molecule is COC(=O)N[C@H](C(=O)N1[C@@H]2C[C@@H](CC2=O)[C@H]1C(C)C)C(C)C. The molecule has 0 radical (unpaired) electrons. The third-order valence-corrected chi connectivity index (χ3v) is 4.83. The molecule has 6 nitrogen and oxygen atoms in total. The lowest BCUT2D eigenvalue weighted by Gasteiger charge is -2.39. The van der Waals surface area contributed by atoms with Crippen LogP contribution >= 0.6 is 0 Å². The maximum Gasteiger partial charge on any atom is 0.407 e. The van der Waals surface area contributed by atoms with Crippen LogP contribution in [0.15, 0.2) is 0 Å². The van der Waals surface area contributed by atoms with Crippen molar-refractivity contribution in [2.45, 2.75) is 58.7 Å². The molecule has 0 unspecified atom stereocenters. The first kappa shape index (κ1) is 16.8. The number of alkyl carbamates (subject to hydrolysis) is 1. The average Bonchev–Trinajstić information content (AvgIpc) is 2.99. The van der Waals surface area contributed by atoms with E-state index in [1.807, 2.05) is 13.8 Å². The fraction of sp³-hybridized carbons (Fsp3) is 0.812. The number of ketones is 1. The van der Waals surface area contributed by atoms with E-state index in [0.29, 0.717) is 6.42 Å². The van der Waals surface area contributed by atoms with E-state index < -0.39 is 12.1 Å². The first-order valence-electron chi connectivity index (χ1n) is 7.97. The normalized spacial score (nSPS) is 28.4. The molecule has 0 spiro atoms. The van der Waals surface area contributed by atoms with Crippen LogP contribution in [0.25, 0.3) is 0 Å². The van der Waals surface area contributed by atoms with E-state index in [4.69, 9.17) is 0 Å². The lowest BCUT2D eigenvalue weighted by Crippen LogP contribution is -2.58. The van der Waals surface area contributed by atoms with Crippen molar-refractivity contribution in [2.24, 2.45) is 17.8 Å². The smallest absolute Gasteiger partial charge is 0.407 e. The van der Waals surface area contributed by atoms with Crippen LogP contribution in [0.5, 0.6) is 0 Å². The first-order valence-corrected chi connectivity index (χ1v) is 7.97. The van der Waals surface area contributed by atoms with Crippen LogP contribution in [0, 0.1) is 17.8 Å². The Kier molecular flexibility index (Phi) is 4.78. The minimum Gasteiger partial charge on any atom is -0.453 e. The van der Waals surface area contributed by atoms with E-state index >= 15 is 0 Å². The lowest BCUT2D eigenvalue weighted by atomic mass is 9.88. The molecule has 22 heavy (non-hydrogen) atoms. The molecule has 2 fully saturated rings. The molecule has 0 aromatic carbocycles. The molecule has 1 heterocycles. The number of hydrogen-bond donors (Lipinski definition) is 1. The molecule has 2 rings (SSSR count). The van der Waals surface area contributed by atoms with Crippen molar-refractivity contribution < 1.29 is 19.1 Å². The number of amides is 2. The number of hydrogen-bond acceptors (Lipinski definition) is 4. The Labute approximate surface area is 131 Å². The van der Waals surface area contributed by atoms with Gasteiger partial charge in [-0.05, 0) is 24.2 Å². The zero-order chi connectivity index (χ0) is 16.6. The van der Waals surface area contributed by atoms with Crippen LogP contribution in [0.1, 0.15) is 40.5 Å². The number of nitrogens with one attached hydrogen (secondary N) is 1. The highest BCUT2D eigenvalue weighted by Crippen LogP contribution is 2.43. The second kappa shape index (κ2) is 6.26. The van der Waals surface area contributed by atoms with Crippen LogP contribution in [0.2, 0.25) is 0 Å². The predicted octanol–water partition coefficient (Wildman–Crippen LogP) is 1.58. The second-order valence-electron chi connectivity index (χ2n) is 7.02. The van der Waals surface area contributed by atoms with Gasteiger partial charge in [-0.15, -0.1) is 0 Å². The Hall–Kier alpha value is -1.59. The molecule has 1 saturated heterocycles. The molecule has 0 aromatic rings. The van der Waals surface area contributed by atoms with Gasteiger partial charge in [-0.25, -0.2) is 4.79 Å². The summed E-state index contributed by atoms with van der Waals surface area (Å²) in [6, 6.07) is -0.901. The Balaban J connectivity index is 2.24. The molecule has 2 aliphatic rings. The van der Waals surface area contributed by atoms with E-state index in [1.165, 1.54) is 7.11 Å². The van der Waals surface area contributed by atoms with Crippen molar-refractivity contribution in [3.8, 4) is 0 Å². The Morgan fingerprint density at radius 1 is 1.27 bits per heavy atom. The number of fused-ring (bicyclic) bond motifs is 2. The van der Waals surface area contributed by atoms with E-state index in [9.17, 15) is 14.4 Å². The van der Waals surface area contributed by atoms with Gasteiger partial charge in [0.25, 0.3) is 0 Å². The minimum absolute atomic E-state index is 0.0753. The molecule has 1 aliphatic heterocycles. The molecule has 2 bridgehead atoms. The van der Waals surface area contributed by atoms with Crippen molar-refractivity contribution in [3.63, 3.8) is 0 Å². The average molecular weight is 310 g/mol. The summed E-state index contributed by atoms with van der Waals surface area (Å²) in [5.74, 6) is 0.453. The highest BCUT2D eigenvalue weighted by molar-refractivity contribution is 5.95. The molecule has 0 aromatic heterocycles. The third kappa shape index (κ3) is 2.83. The molecule has 1 aliphatic carbocycles. The summed E-state index contributed by atoms with van der Waals surface area (Å²) in [5.41, 5.74) is 0. The molecular formula is C16H26N2O4. The van der Waals surface area contributed by atoms with Gasteiger partial charge < -0.3 is 15.0 Å². The summed E-state index contributed by atoms with van der Waals surface area (Å²) < 4.78 is 4.61. The van der Waals surface area contributed by atoms with Crippen LogP contribution in [0.3, 0.4) is 0 Å². The maximum absolute atomic E-state index is 13.0. The number of ether oxygens (including phenoxy) is 1. The number of carbonyl (C=O) groups excluding carboxylic acids is 3. The van der Waals surface area contributed by atoms with Crippen molar-refractivity contribution in [1.29, 1.82) is 0 Å². The van der Waals surface area contributed by atoms with Crippen molar-refractivity contribution in [3.05, 3.63) is 0 Å². The van der Waals surface area contributed by atoms with E-state index in [1.54, 1.807) is 4.90 Å². The molecule has 1 saturated carbocycles. The van der Waals surface area contributed by atoms with Gasteiger partial charge in [-0.3, -0.25) is 9.59 Å². The van der Waals surface area contributed by atoms with Gasteiger partial charge in [0, 0.05) is 12.5 Å². The van der Waals surface area contributed by atoms with Gasteiger partial charge in [0.1, 0.15) is 6.04 Å². The van der Waals surface area contributed by atoms with Gasteiger partial charge in [-0.2, -0.15) is 0 Å². The van der Waals surface area contributed by atoms with Crippen molar-refractivity contribution in [1.82, 2.24) is 10.2 Å². The fourth-order valence-corrected chi connectivity index (χ4v) is 3.89. The van der Waals surface area contributed by atoms with Gasteiger partial charge in [-0.1, -0.05) is 27.7 Å². The summed E-state index contributed by atoms with van der Waals surface area (Å²) in [6.45, 7) is 7.90. The quantitative estimate of drug-likeness (QED) is 0.855. The number of Topliss-reactive ketones (excluding diaryl/α,β-unsaturated/α-hetero) is 1. The molecule has 6 heteroatoms. The Morgan fingerprint density at radius 2 is 1.91 bits per heavy atom. The van der Waals surface area contributed by atoms with E-state index in [2.05, 4.69) is 23.9 Å². The molecular weight excluding hydrogens is 284 g/mol. The lowest BCUT2D eigenvalue weighted by molar-refractivity contribution is -0.145. The monoisotopic (exact) mass is 310 g/mol. The Morgan fingerprint density at radius 3 is 2.41 bits per heavy atom. The van der Waals surface area contributed by atoms with E-state index in [-0.39, 0.29) is 41.5 Å². The van der Waals surface area contributed by atoms with Crippen LogP contribution in [-0.4, -0.2) is 47.9 Å². The molecule has 4 atom stereocenters. The highest BCUT2D eigenvalue weighted by Gasteiger charge is 2.54. The number of methoxy groups -OCH3 is 1. The summed E-state index contributed by atoms with van der Waals surface area (Å²) >= 11 is 0. The van der Waals surface area contributed by atoms with E-state index in [0.717, 1.165) is 6.42 Å². The maximum atomic E-state index is 13.0. The van der Waals surface area contributed by atoms with Gasteiger partial charge in [0.05, 0.1) is 13.2 Å². The molecule has 124 valence electrons. The van der Waals surface area contributed by atoms with Crippen LogP contribution in [-0.2, 0) is 14.3 Å². The predicted molar refractivity (Wildman–Crippen MR) is 81.2 cm³/mol. The fourth-order valence-electron chi connectivity index (χ4n) is 3.89. The molecule has 1 N–H and O–H groups in total. The summed E-state index contributed by atoms with van der Waals surface area (Å²) in [7, 11) is 1.27. The number of nitrogens with zero attached hydrogens (tertiary/aromatic N) is 1. The van der Waals surface area contributed by atoms with Gasteiger partial charge in [0.2, 0.25) is 5.91 Å². The highest BCUT2D eigenvalue weighted by atomic mass is 16.5. The largest absolute Gasteiger partial charge is 0.453 e. The van der Waals surface area contributed by atoms with Crippen LogP contribution in [0.4, 0.5) is 4.79 Å². The number of likely N-dealkylation sites (tertiary alicyclic amines) is 1. The standard InChI is InChI=1S/C16H26N2O4/c1-8(2)13(17-16(21)22-5)15(20)18-11-6-10(7-12(11)19)14(18)9(3)4/h8-11,13-14H,6-7H2,1-5H3,(H,17,21)/t10-,11+,13-,14+/m0/s1. The van der Waals surface area contributed by atoms with Gasteiger partial charge >= 0.3 is 6.09 Å². The van der Waals surface area contributed by atoms with Crippen LogP contribution < -0.4 is 5.32 Å². The number of carbonyl (C=O) groups is 3. The van der Waals surface area contributed by atoms with Crippen molar-refractivity contribution >= 4 is 17.8 Å². The topological polar surface area (TPSA) is 75.7 Å². The van der Waals surface area contributed by atoms with Crippen molar-refractivity contribution in [2.75, 3.05) is 7.11 Å². The summed E-state index contributed by atoms with van der Waals surface area (Å²) in [6.07, 6.45) is 0.716. The zero-order valence-corrected chi connectivity index (χ0v) is 14.0. The second-order valence-corrected chi connectivity index (χ2v) is 7.02. The number of rotatable bonds is 4. The summed E-state index contributed by atoms with van der Waals surface area (Å²) in [4.78, 5) is 38.3. The third-order valence-electron chi connectivity index (χ3n) is 4.83. The number of piperidine rings is 1. The summed E-state index contributed by atoms with van der Waals surface area (Å²) in [5, 5.41) is 2.61. The molecule has 2 amide bonds. The first-order chi connectivity index (χ1) is 10.3.